The fourth-order valence-electron chi connectivity index (χ4n) is 7.05. The summed E-state index contributed by atoms with van der Waals surface area (Å²) in [6, 6.07) is 5.10. The molecule has 6 rings (SSSR count). The highest BCUT2D eigenvalue weighted by Crippen LogP contribution is 2.68. The second-order valence-electron chi connectivity index (χ2n) is 10.1. The first-order valence-electron chi connectivity index (χ1n) is 11.4. The molecule has 8 atom stereocenters. The van der Waals surface area contributed by atoms with Gasteiger partial charge in [-0.05, 0) is 47.8 Å². The van der Waals surface area contributed by atoms with Gasteiger partial charge in [0, 0.05) is 16.0 Å². The Hall–Kier alpha value is -2.46. The third-order valence-electron chi connectivity index (χ3n) is 8.15. The Balaban J connectivity index is 1.44. The zero-order valence-electron chi connectivity index (χ0n) is 18.4. The topological polar surface area (TPSA) is 108 Å². The molecule has 1 saturated heterocycles. The number of imide groups is 1. The van der Waals surface area contributed by atoms with E-state index in [-0.39, 0.29) is 51.4 Å². The molecule has 2 aliphatic carbocycles. The van der Waals surface area contributed by atoms with E-state index in [2.05, 4.69) is 4.98 Å². The van der Waals surface area contributed by atoms with Crippen molar-refractivity contribution in [3.63, 3.8) is 0 Å². The summed E-state index contributed by atoms with van der Waals surface area (Å²) in [5.41, 5.74) is 0.886. The Morgan fingerprint density at radius 3 is 2.38 bits per heavy atom. The Morgan fingerprint density at radius 2 is 1.76 bits per heavy atom. The van der Waals surface area contributed by atoms with Gasteiger partial charge in [0.15, 0.2) is 0 Å². The quantitative estimate of drug-likeness (QED) is 0.622. The molecular weight excluding hydrogens is 479 g/mol. The number of carboxylic acids is 1. The van der Waals surface area contributed by atoms with Gasteiger partial charge >= 0.3 is 10.8 Å². The van der Waals surface area contributed by atoms with Crippen molar-refractivity contribution < 1.29 is 23.9 Å². The van der Waals surface area contributed by atoms with Gasteiger partial charge in [0.1, 0.15) is 11.9 Å². The lowest BCUT2D eigenvalue weighted by Crippen LogP contribution is -2.49. The summed E-state index contributed by atoms with van der Waals surface area (Å²) in [5, 5.41) is 10.6. The number of carbonyl (C=O) groups excluding carboxylic acids is 2. The van der Waals surface area contributed by atoms with Crippen LogP contribution in [0.2, 0.25) is 0 Å². The van der Waals surface area contributed by atoms with Crippen molar-refractivity contribution in [1.82, 2.24) is 9.88 Å². The lowest BCUT2D eigenvalue weighted by atomic mass is 9.68. The minimum Gasteiger partial charge on any atom is -0.480 e. The fraction of sp³-hybridized carbons (Fsp3) is 0.500. The van der Waals surface area contributed by atoms with Gasteiger partial charge in [-0.15, -0.1) is 11.8 Å². The number of H-pyrrole nitrogens is 1. The van der Waals surface area contributed by atoms with Crippen LogP contribution >= 0.6 is 23.1 Å². The van der Waals surface area contributed by atoms with Gasteiger partial charge in [-0.3, -0.25) is 19.3 Å². The second-order valence-corrected chi connectivity index (χ2v) is 12.3. The van der Waals surface area contributed by atoms with Crippen molar-refractivity contribution in [2.45, 2.75) is 42.5 Å². The lowest BCUT2D eigenvalue weighted by molar-refractivity contribution is -0.157. The minimum absolute atomic E-state index is 0.000288. The molecule has 0 radical (unpaired) electrons. The molecule has 10 heteroatoms. The number of halogens is 1. The van der Waals surface area contributed by atoms with Crippen LogP contribution in [0.5, 0.6) is 0 Å². The minimum atomic E-state index is -1.18. The Morgan fingerprint density at radius 1 is 1.12 bits per heavy atom. The number of carbonyl (C=O) groups is 3. The molecule has 3 heterocycles. The number of nitrogens with zero attached hydrogens (tertiary/aromatic N) is 1. The smallest absolute Gasteiger partial charge is 0.327 e. The van der Waals surface area contributed by atoms with Crippen molar-refractivity contribution in [3.8, 4) is 0 Å². The number of hydrogen-bond acceptors (Lipinski definition) is 6. The summed E-state index contributed by atoms with van der Waals surface area (Å²) in [6.07, 6.45) is 0.721. The number of fused-ring (bicyclic) bond motifs is 9. The van der Waals surface area contributed by atoms with Gasteiger partial charge in [0.2, 0.25) is 11.8 Å². The fourth-order valence-corrected chi connectivity index (χ4v) is 9.94. The molecule has 0 spiro atoms. The summed E-state index contributed by atoms with van der Waals surface area (Å²) in [5.74, 6) is -4.08. The van der Waals surface area contributed by atoms with E-state index >= 15 is 0 Å². The van der Waals surface area contributed by atoms with Crippen molar-refractivity contribution in [2.24, 2.45) is 35.5 Å². The van der Waals surface area contributed by atoms with Crippen LogP contribution in [-0.4, -0.2) is 44.1 Å². The first-order valence-corrected chi connectivity index (χ1v) is 13.1. The third-order valence-corrected chi connectivity index (χ3v) is 10.7. The first kappa shape index (κ1) is 22.0. The molecule has 2 saturated carbocycles. The van der Waals surface area contributed by atoms with E-state index in [9.17, 15) is 28.7 Å². The van der Waals surface area contributed by atoms with Gasteiger partial charge in [-0.1, -0.05) is 37.3 Å². The third kappa shape index (κ3) is 2.87. The average molecular weight is 503 g/mol. The summed E-state index contributed by atoms with van der Waals surface area (Å²) in [7, 11) is 0. The number of benzene rings is 1. The van der Waals surface area contributed by atoms with Crippen molar-refractivity contribution in [1.29, 1.82) is 0 Å². The SMILES string of the molecule is CC(C)[C@H](C(=O)O)N1C(=O)[C@@H]2[C@H]3C[C@@H]([C@@H]2C1=O)[C@@H]1[C@@H](c2ccc(F)cc2)c2sc(=O)[nH]c2S[C@@H]31. The van der Waals surface area contributed by atoms with Gasteiger partial charge in [0.05, 0.1) is 16.9 Å². The molecule has 3 fully saturated rings. The molecule has 1 aromatic heterocycles. The molecule has 1 aromatic carbocycles. The van der Waals surface area contributed by atoms with Crippen molar-refractivity contribution >= 4 is 40.9 Å². The Bertz CT molecular complexity index is 1270. The standard InChI is InChI=1S/C24H23FN2O5S2/c1-8(2)17(23(30)31)27-21(28)15-11-7-12(16(15)22(27)29)18-14(11)13(9-3-5-10(25)6-4-9)19-20(33-18)26-24(32)34-19/h3-6,8,11-18H,7H2,1-2H3,(H,26,32)(H,30,31)/t11-,12-,13-,14-,15+,16-,17-,18+/m1/s1. The van der Waals surface area contributed by atoms with E-state index in [1.165, 1.54) is 12.1 Å². The number of rotatable bonds is 4. The van der Waals surface area contributed by atoms with E-state index < -0.39 is 29.8 Å². The molecular formula is C24H23FN2O5S2. The lowest BCUT2D eigenvalue weighted by Gasteiger charge is -2.43. The molecule has 0 unspecified atom stereocenters. The molecule has 34 heavy (non-hydrogen) atoms. The van der Waals surface area contributed by atoms with E-state index in [0.717, 1.165) is 38.1 Å². The Labute approximate surface area is 202 Å². The van der Waals surface area contributed by atoms with Crippen LogP contribution in [0.25, 0.3) is 0 Å². The average Bonchev–Trinajstić information content (AvgIpc) is 3.49. The maximum atomic E-state index is 13.7. The number of amides is 2. The molecule has 178 valence electrons. The highest BCUT2D eigenvalue weighted by Gasteiger charge is 2.70. The largest absolute Gasteiger partial charge is 0.480 e. The van der Waals surface area contributed by atoms with Gasteiger partial charge < -0.3 is 10.1 Å². The van der Waals surface area contributed by atoms with Crippen LogP contribution in [0.3, 0.4) is 0 Å². The summed E-state index contributed by atoms with van der Waals surface area (Å²) >= 11 is 2.72. The molecule has 2 N–H and O–H groups in total. The monoisotopic (exact) mass is 502 g/mol. The van der Waals surface area contributed by atoms with Crippen LogP contribution < -0.4 is 4.87 Å². The molecule has 7 nitrogen and oxygen atoms in total. The Kier molecular flexibility index (Phi) is 4.87. The van der Waals surface area contributed by atoms with Gasteiger partial charge in [-0.25, -0.2) is 9.18 Å². The van der Waals surface area contributed by atoms with E-state index in [0.29, 0.717) is 0 Å². The summed E-state index contributed by atoms with van der Waals surface area (Å²) in [6.45, 7) is 3.41. The summed E-state index contributed by atoms with van der Waals surface area (Å²) in [4.78, 5) is 56.0. The molecule has 2 aromatic rings. The van der Waals surface area contributed by atoms with Gasteiger partial charge in [-0.2, -0.15) is 0 Å². The molecule has 4 aliphatic rings. The first-order chi connectivity index (χ1) is 16.2. The number of aliphatic carboxylic acids is 1. The highest BCUT2D eigenvalue weighted by atomic mass is 32.2. The number of thiazole rings is 1. The van der Waals surface area contributed by atoms with E-state index in [4.69, 9.17) is 0 Å². The molecule has 2 bridgehead atoms. The number of hydrogen-bond donors (Lipinski definition) is 2. The predicted octanol–water partition coefficient (Wildman–Crippen LogP) is 3.16. The summed E-state index contributed by atoms with van der Waals surface area (Å²) < 4.78 is 13.7. The molecule has 2 aliphatic heterocycles. The number of aromatic nitrogens is 1. The van der Waals surface area contributed by atoms with Crippen LogP contribution in [0.1, 0.15) is 36.6 Å². The van der Waals surface area contributed by atoms with Crippen LogP contribution in [0, 0.1) is 41.3 Å². The zero-order chi connectivity index (χ0) is 24.0. The van der Waals surface area contributed by atoms with E-state index in [1.807, 2.05) is 0 Å². The van der Waals surface area contributed by atoms with Crippen molar-refractivity contribution in [2.75, 3.05) is 0 Å². The number of aromatic amines is 1. The van der Waals surface area contributed by atoms with E-state index in [1.54, 1.807) is 37.7 Å². The molecule has 2 amide bonds. The number of likely N-dealkylation sites (tertiary alicyclic amines) is 1. The van der Waals surface area contributed by atoms with Crippen LogP contribution in [-0.2, 0) is 14.4 Å². The maximum absolute atomic E-state index is 13.7. The number of carboxylic acid groups (broad SMARTS) is 1. The van der Waals surface area contributed by atoms with Crippen molar-refractivity contribution in [3.05, 3.63) is 50.2 Å². The number of thioether (sulfide) groups is 1. The highest BCUT2D eigenvalue weighted by molar-refractivity contribution is 8.00. The normalized spacial score (nSPS) is 34.4. The predicted molar refractivity (Wildman–Crippen MR) is 123 cm³/mol. The second kappa shape index (κ2) is 7.52. The van der Waals surface area contributed by atoms with Crippen LogP contribution in [0.4, 0.5) is 4.39 Å². The maximum Gasteiger partial charge on any atom is 0.327 e. The zero-order valence-corrected chi connectivity index (χ0v) is 20.1. The number of nitrogens with one attached hydrogen (secondary N) is 1. The van der Waals surface area contributed by atoms with Gasteiger partial charge in [0.25, 0.3) is 0 Å². The van der Waals surface area contributed by atoms with Crippen LogP contribution in [0.15, 0.2) is 34.1 Å².